The molecule has 3 aromatic heterocycles. The van der Waals surface area contributed by atoms with E-state index in [0.717, 1.165) is 38.6 Å². The van der Waals surface area contributed by atoms with Crippen LogP contribution in [0.3, 0.4) is 0 Å². The molecule has 3 heterocycles. The molecule has 23 heavy (non-hydrogen) atoms. The zero-order valence-corrected chi connectivity index (χ0v) is 13.5. The maximum Gasteiger partial charge on any atom is 0.181 e. The summed E-state index contributed by atoms with van der Waals surface area (Å²) in [6.07, 6.45) is 0. The van der Waals surface area contributed by atoms with Crippen molar-refractivity contribution in [3.8, 4) is 21.8 Å². The molecular weight excluding hydrogens is 308 g/mol. The summed E-state index contributed by atoms with van der Waals surface area (Å²) >= 11 is 1.46. The minimum Gasteiger partial charge on any atom is -0.375 e. The Hall–Kier alpha value is -2.80. The highest BCUT2D eigenvalue weighted by atomic mass is 32.1. The highest BCUT2D eigenvalue weighted by molar-refractivity contribution is 7.19. The maximum atomic E-state index is 5.96. The summed E-state index contributed by atoms with van der Waals surface area (Å²) in [6, 6.07) is 11.9. The number of aromatic nitrogens is 5. The van der Waals surface area contributed by atoms with Gasteiger partial charge in [-0.15, -0.1) is 5.10 Å². The second-order valence-electron chi connectivity index (χ2n) is 5.31. The largest absolute Gasteiger partial charge is 0.375 e. The van der Waals surface area contributed by atoms with Gasteiger partial charge in [0.1, 0.15) is 11.2 Å². The van der Waals surface area contributed by atoms with Crippen molar-refractivity contribution in [2.45, 2.75) is 6.92 Å². The van der Waals surface area contributed by atoms with Crippen LogP contribution < -0.4 is 5.73 Å². The van der Waals surface area contributed by atoms with Crippen LogP contribution in [0.1, 0.15) is 5.69 Å². The summed E-state index contributed by atoms with van der Waals surface area (Å²) in [4.78, 5) is 10.1. The highest BCUT2D eigenvalue weighted by Gasteiger charge is 2.16. The van der Waals surface area contributed by atoms with E-state index >= 15 is 0 Å². The van der Waals surface area contributed by atoms with Crippen molar-refractivity contribution in [3.05, 3.63) is 42.1 Å². The van der Waals surface area contributed by atoms with E-state index in [-0.39, 0.29) is 0 Å². The minimum atomic E-state index is 0.529. The lowest BCUT2D eigenvalue weighted by Crippen LogP contribution is -1.91. The first kappa shape index (κ1) is 13.8. The van der Waals surface area contributed by atoms with Crippen LogP contribution in [0.2, 0.25) is 0 Å². The van der Waals surface area contributed by atoms with Gasteiger partial charge in [0.25, 0.3) is 0 Å². The first-order valence-corrected chi connectivity index (χ1v) is 7.93. The Morgan fingerprint density at radius 1 is 1.13 bits per heavy atom. The van der Waals surface area contributed by atoms with Crippen LogP contribution in [-0.4, -0.2) is 25.0 Å². The first-order valence-electron chi connectivity index (χ1n) is 7.12. The number of hydrogen-bond acceptors (Lipinski definition) is 6. The van der Waals surface area contributed by atoms with Gasteiger partial charge in [0.05, 0.1) is 16.1 Å². The lowest BCUT2D eigenvalue weighted by molar-refractivity contribution is 0.736. The van der Waals surface area contributed by atoms with Crippen LogP contribution in [0.4, 0.5) is 5.13 Å². The fraction of sp³-hybridized carbons (Fsp3) is 0.125. The molecule has 0 aliphatic carbocycles. The van der Waals surface area contributed by atoms with E-state index in [0.29, 0.717) is 5.13 Å². The monoisotopic (exact) mass is 322 g/mol. The van der Waals surface area contributed by atoms with E-state index in [1.165, 1.54) is 11.3 Å². The molecule has 0 atom stereocenters. The number of nitrogens with zero attached hydrogens (tertiary/aromatic N) is 5. The molecule has 0 saturated heterocycles. The Bertz CT molecular complexity index is 1020. The van der Waals surface area contributed by atoms with Crippen molar-refractivity contribution >= 4 is 27.5 Å². The second-order valence-corrected chi connectivity index (χ2v) is 6.34. The van der Waals surface area contributed by atoms with Crippen molar-refractivity contribution in [1.82, 2.24) is 25.0 Å². The summed E-state index contributed by atoms with van der Waals surface area (Å²) in [5.41, 5.74) is 11.4. The number of pyridine rings is 1. The van der Waals surface area contributed by atoms with Gasteiger partial charge in [-0.05, 0) is 36.8 Å². The molecule has 0 saturated carbocycles. The third-order valence-electron chi connectivity index (χ3n) is 3.65. The number of anilines is 1. The van der Waals surface area contributed by atoms with Crippen LogP contribution in [-0.2, 0) is 7.05 Å². The molecule has 0 spiro atoms. The van der Waals surface area contributed by atoms with E-state index in [9.17, 15) is 0 Å². The Labute approximate surface area is 136 Å². The lowest BCUT2D eigenvalue weighted by Gasteiger charge is -2.03. The van der Waals surface area contributed by atoms with Crippen LogP contribution in [0, 0.1) is 6.92 Å². The average molecular weight is 322 g/mol. The molecule has 7 heteroatoms. The van der Waals surface area contributed by atoms with E-state index in [1.807, 2.05) is 44.3 Å². The molecule has 4 rings (SSSR count). The third kappa shape index (κ3) is 2.35. The van der Waals surface area contributed by atoms with Crippen molar-refractivity contribution in [2.24, 2.45) is 7.05 Å². The molecule has 0 fully saturated rings. The van der Waals surface area contributed by atoms with Crippen molar-refractivity contribution < 1.29 is 0 Å². The molecule has 114 valence electrons. The first-order chi connectivity index (χ1) is 11.1. The predicted molar refractivity (Wildman–Crippen MR) is 92.0 cm³/mol. The van der Waals surface area contributed by atoms with Gasteiger partial charge in [-0.3, -0.25) is 4.98 Å². The zero-order chi connectivity index (χ0) is 16.0. The third-order valence-corrected chi connectivity index (χ3v) is 4.58. The summed E-state index contributed by atoms with van der Waals surface area (Å²) in [5.74, 6) is 0. The highest BCUT2D eigenvalue weighted by Crippen LogP contribution is 2.38. The van der Waals surface area contributed by atoms with Gasteiger partial charge in [-0.1, -0.05) is 28.7 Å². The summed E-state index contributed by atoms with van der Waals surface area (Å²) in [7, 11) is 1.88. The topological polar surface area (TPSA) is 82.5 Å². The molecular formula is C16H14N6S. The number of fused-ring (bicyclic) bond motifs is 1. The lowest BCUT2D eigenvalue weighted by atomic mass is 10.1. The molecule has 0 aliphatic heterocycles. The fourth-order valence-corrected chi connectivity index (χ4v) is 3.39. The van der Waals surface area contributed by atoms with Crippen molar-refractivity contribution in [3.63, 3.8) is 0 Å². The van der Waals surface area contributed by atoms with E-state index < -0.39 is 0 Å². The average Bonchev–Trinajstić information content (AvgIpc) is 3.11. The smallest absolute Gasteiger partial charge is 0.181 e. The number of benzene rings is 1. The predicted octanol–water partition coefficient (Wildman–Crippen LogP) is 3.04. The van der Waals surface area contributed by atoms with Crippen LogP contribution in [0.5, 0.6) is 0 Å². The normalized spacial score (nSPS) is 11.2. The van der Waals surface area contributed by atoms with Crippen LogP contribution >= 0.6 is 11.3 Å². The SMILES string of the molecule is Cc1cccc(-c2nc(N)sc2-c2ccc3nnn(C)c3c2)n1. The van der Waals surface area contributed by atoms with Crippen LogP contribution in [0.15, 0.2) is 36.4 Å². The molecule has 6 nitrogen and oxygen atoms in total. The molecule has 0 unspecified atom stereocenters. The number of rotatable bonds is 2. The van der Waals surface area contributed by atoms with Gasteiger partial charge in [-0.25, -0.2) is 9.67 Å². The zero-order valence-electron chi connectivity index (χ0n) is 12.7. The number of nitrogen functional groups attached to an aromatic ring is 1. The molecule has 0 bridgehead atoms. The van der Waals surface area contributed by atoms with Gasteiger partial charge < -0.3 is 5.73 Å². The maximum absolute atomic E-state index is 5.96. The van der Waals surface area contributed by atoms with Gasteiger partial charge in [0, 0.05) is 12.7 Å². The fourth-order valence-electron chi connectivity index (χ4n) is 2.55. The number of aryl methyl sites for hydroxylation is 2. The Morgan fingerprint density at radius 2 is 2.00 bits per heavy atom. The minimum absolute atomic E-state index is 0.529. The molecule has 2 N–H and O–H groups in total. The quantitative estimate of drug-likeness (QED) is 0.613. The van der Waals surface area contributed by atoms with Crippen molar-refractivity contribution in [2.75, 3.05) is 5.73 Å². The summed E-state index contributed by atoms with van der Waals surface area (Å²) < 4.78 is 1.76. The van der Waals surface area contributed by atoms with E-state index in [2.05, 4.69) is 26.3 Å². The number of nitrogens with two attached hydrogens (primary N) is 1. The molecule has 0 amide bonds. The van der Waals surface area contributed by atoms with Gasteiger partial charge in [0.15, 0.2) is 5.13 Å². The second kappa shape index (κ2) is 5.13. The molecule has 0 radical (unpaired) electrons. The van der Waals surface area contributed by atoms with E-state index in [1.54, 1.807) is 4.68 Å². The number of hydrogen-bond donors (Lipinski definition) is 1. The molecule has 0 aliphatic rings. The van der Waals surface area contributed by atoms with E-state index in [4.69, 9.17) is 5.73 Å². The Morgan fingerprint density at radius 3 is 2.83 bits per heavy atom. The number of thiazole rings is 1. The van der Waals surface area contributed by atoms with Crippen LogP contribution in [0.25, 0.3) is 32.9 Å². The Balaban J connectivity index is 1.92. The van der Waals surface area contributed by atoms with Gasteiger partial charge in [0.2, 0.25) is 0 Å². The van der Waals surface area contributed by atoms with Crippen molar-refractivity contribution in [1.29, 1.82) is 0 Å². The Kier molecular flexibility index (Phi) is 3.09. The summed E-state index contributed by atoms with van der Waals surface area (Å²) in [5, 5.41) is 8.69. The van der Waals surface area contributed by atoms with Gasteiger partial charge in [-0.2, -0.15) is 0 Å². The molecule has 4 aromatic rings. The molecule has 1 aromatic carbocycles. The van der Waals surface area contributed by atoms with Gasteiger partial charge >= 0.3 is 0 Å². The summed E-state index contributed by atoms with van der Waals surface area (Å²) in [6.45, 7) is 1.96. The standard InChI is InChI=1S/C16H14N6S/c1-9-4-3-5-12(18-9)14-15(23-16(17)19-14)10-6-7-11-13(8-10)22(2)21-20-11/h3-8H,1-2H3,(H2,17,19).